The van der Waals surface area contributed by atoms with Crippen molar-refractivity contribution in [2.75, 3.05) is 0 Å². The molecule has 3 nitrogen and oxygen atoms in total. The number of nitrogens with one attached hydrogen (secondary N) is 1. The Morgan fingerprint density at radius 2 is 1.85 bits per heavy atom. The molecule has 1 heterocycles. The van der Waals surface area contributed by atoms with Crippen LogP contribution in [0.25, 0.3) is 22.2 Å². The van der Waals surface area contributed by atoms with Gasteiger partial charge >= 0.3 is 0 Å². The van der Waals surface area contributed by atoms with Crippen LogP contribution in [0.15, 0.2) is 45.7 Å². The van der Waals surface area contributed by atoms with Crippen LogP contribution in [0.3, 0.4) is 0 Å². The molecule has 1 aromatic heterocycles. The van der Waals surface area contributed by atoms with Crippen molar-refractivity contribution in [3.8, 4) is 11.4 Å². The highest BCUT2D eigenvalue weighted by Gasteiger charge is 2.11. The maximum Gasteiger partial charge on any atom is 0.265 e. The second kappa shape index (κ2) is 4.83. The van der Waals surface area contributed by atoms with Gasteiger partial charge in [0.05, 0.1) is 5.69 Å². The first-order valence-corrected chi connectivity index (χ1v) is 6.81. The molecule has 3 aromatic rings. The minimum atomic E-state index is -0.291. The lowest BCUT2D eigenvalue weighted by Crippen LogP contribution is -2.12. The van der Waals surface area contributed by atoms with Gasteiger partial charge < -0.3 is 4.98 Å². The van der Waals surface area contributed by atoms with Gasteiger partial charge in [-0.15, -0.1) is 0 Å². The van der Waals surface area contributed by atoms with E-state index in [1.807, 2.05) is 12.1 Å². The van der Waals surface area contributed by atoms with Gasteiger partial charge in [0, 0.05) is 10.9 Å². The Hall–Kier alpha value is -2.01. The summed E-state index contributed by atoms with van der Waals surface area (Å²) in [5.74, 6) is 0.146. The number of nitrogens with zero attached hydrogens (tertiary/aromatic N) is 1. The highest BCUT2D eigenvalue weighted by Crippen LogP contribution is 2.28. The van der Waals surface area contributed by atoms with Crippen LogP contribution in [-0.4, -0.2) is 9.97 Å². The number of hydrogen-bond donors (Lipinski definition) is 1. The standard InChI is InChI=1S/C15H10BrFN2O/c1-8-13(16)15(20)19-14(18-8)11-6-7-12(17)10-5-3-2-4-9(10)11/h2-7H,1H3,(H,18,19,20). The van der Waals surface area contributed by atoms with Crippen molar-refractivity contribution >= 4 is 26.7 Å². The number of fused-ring (bicyclic) bond motifs is 1. The fraction of sp³-hybridized carbons (Fsp3) is 0.0667. The molecule has 2 aromatic carbocycles. The van der Waals surface area contributed by atoms with E-state index < -0.39 is 0 Å². The molecule has 1 N–H and O–H groups in total. The summed E-state index contributed by atoms with van der Waals surface area (Å²) in [6.07, 6.45) is 0. The zero-order chi connectivity index (χ0) is 14.3. The van der Waals surface area contributed by atoms with Crippen LogP contribution >= 0.6 is 15.9 Å². The third-order valence-corrected chi connectivity index (χ3v) is 4.09. The van der Waals surface area contributed by atoms with E-state index in [2.05, 4.69) is 25.9 Å². The van der Waals surface area contributed by atoms with Crippen LogP contribution in [0, 0.1) is 12.7 Å². The normalized spacial score (nSPS) is 10.9. The molecule has 0 bridgehead atoms. The van der Waals surface area contributed by atoms with Gasteiger partial charge in [-0.2, -0.15) is 0 Å². The molecule has 0 aliphatic heterocycles. The molecule has 0 saturated carbocycles. The van der Waals surface area contributed by atoms with Gasteiger partial charge in [-0.25, -0.2) is 9.37 Å². The SMILES string of the molecule is Cc1nc(-c2ccc(F)c3ccccc23)[nH]c(=O)c1Br. The number of halogens is 2. The second-order valence-electron chi connectivity index (χ2n) is 4.45. The Kier molecular flexibility index (Phi) is 3.14. The van der Waals surface area contributed by atoms with Crippen molar-refractivity contribution < 1.29 is 4.39 Å². The van der Waals surface area contributed by atoms with Crippen LogP contribution < -0.4 is 5.56 Å². The first-order valence-electron chi connectivity index (χ1n) is 6.02. The monoisotopic (exact) mass is 332 g/mol. The van der Waals surface area contributed by atoms with Crippen molar-refractivity contribution in [3.63, 3.8) is 0 Å². The number of hydrogen-bond acceptors (Lipinski definition) is 2. The zero-order valence-corrected chi connectivity index (χ0v) is 12.2. The fourth-order valence-electron chi connectivity index (χ4n) is 2.17. The average molecular weight is 333 g/mol. The van der Waals surface area contributed by atoms with Crippen molar-refractivity contribution in [3.05, 3.63) is 62.7 Å². The summed E-state index contributed by atoms with van der Waals surface area (Å²) in [5, 5.41) is 1.23. The molecule has 5 heteroatoms. The van der Waals surface area contributed by atoms with E-state index in [-0.39, 0.29) is 11.4 Å². The minimum absolute atomic E-state index is 0.249. The number of benzene rings is 2. The molecule has 0 aliphatic carbocycles. The highest BCUT2D eigenvalue weighted by molar-refractivity contribution is 9.10. The van der Waals surface area contributed by atoms with E-state index in [0.717, 1.165) is 5.39 Å². The van der Waals surface area contributed by atoms with Gasteiger partial charge in [0.25, 0.3) is 5.56 Å². The average Bonchev–Trinajstić information content (AvgIpc) is 2.45. The van der Waals surface area contributed by atoms with Gasteiger partial charge in [-0.05, 0) is 40.4 Å². The Morgan fingerprint density at radius 1 is 1.15 bits per heavy atom. The highest BCUT2D eigenvalue weighted by atomic mass is 79.9. The summed E-state index contributed by atoms with van der Waals surface area (Å²) in [6, 6.07) is 10.1. The Labute approximate surface area is 122 Å². The Bertz CT molecular complexity index is 873. The van der Waals surface area contributed by atoms with Crippen molar-refractivity contribution in [1.82, 2.24) is 9.97 Å². The molecule has 0 aliphatic rings. The van der Waals surface area contributed by atoms with E-state index >= 15 is 0 Å². The predicted molar refractivity (Wildman–Crippen MR) is 80.2 cm³/mol. The Balaban J connectivity index is 2.36. The maximum absolute atomic E-state index is 13.8. The van der Waals surface area contributed by atoms with E-state index in [1.165, 1.54) is 6.07 Å². The maximum atomic E-state index is 13.8. The van der Waals surface area contributed by atoms with Crippen molar-refractivity contribution in [2.45, 2.75) is 6.92 Å². The Morgan fingerprint density at radius 3 is 2.55 bits per heavy atom. The lowest BCUT2D eigenvalue weighted by molar-refractivity contribution is 0.640. The summed E-state index contributed by atoms with van der Waals surface area (Å²) in [7, 11) is 0. The largest absolute Gasteiger partial charge is 0.306 e. The molecule has 0 saturated heterocycles. The molecule has 0 atom stereocenters. The van der Waals surface area contributed by atoms with Gasteiger partial charge in [-0.3, -0.25) is 4.79 Å². The number of aromatic amines is 1. The number of aromatic nitrogens is 2. The predicted octanol–water partition coefficient (Wildman–Crippen LogP) is 3.80. The summed E-state index contributed by atoms with van der Waals surface area (Å²) in [5.41, 5.74) is 1.05. The van der Waals surface area contributed by atoms with Crippen LogP contribution in [-0.2, 0) is 0 Å². The smallest absolute Gasteiger partial charge is 0.265 e. The van der Waals surface area contributed by atoms with E-state index in [4.69, 9.17) is 0 Å². The molecule has 0 radical (unpaired) electrons. The van der Waals surface area contributed by atoms with Gasteiger partial charge in [-0.1, -0.05) is 24.3 Å². The molecular formula is C15H10BrFN2O. The molecular weight excluding hydrogens is 323 g/mol. The minimum Gasteiger partial charge on any atom is -0.306 e. The number of H-pyrrole nitrogens is 1. The molecule has 0 spiro atoms. The summed E-state index contributed by atoms with van der Waals surface area (Å²) in [6.45, 7) is 1.74. The van der Waals surface area contributed by atoms with Crippen molar-refractivity contribution in [2.24, 2.45) is 0 Å². The van der Waals surface area contributed by atoms with Gasteiger partial charge in [0.15, 0.2) is 0 Å². The molecule has 0 unspecified atom stereocenters. The molecule has 0 amide bonds. The van der Waals surface area contributed by atoms with Crippen LogP contribution in [0.5, 0.6) is 0 Å². The summed E-state index contributed by atoms with van der Waals surface area (Å²) >= 11 is 3.18. The number of aryl methyl sites for hydroxylation is 1. The van der Waals surface area contributed by atoms with E-state index in [0.29, 0.717) is 26.9 Å². The number of rotatable bonds is 1. The first kappa shape index (κ1) is 13.0. The summed E-state index contributed by atoms with van der Waals surface area (Å²) < 4.78 is 14.2. The second-order valence-corrected chi connectivity index (χ2v) is 5.25. The summed E-state index contributed by atoms with van der Waals surface area (Å²) in [4.78, 5) is 18.9. The molecule has 0 fully saturated rings. The van der Waals surface area contributed by atoms with Crippen LogP contribution in [0.1, 0.15) is 5.69 Å². The lowest BCUT2D eigenvalue weighted by atomic mass is 10.0. The molecule has 100 valence electrons. The topological polar surface area (TPSA) is 45.8 Å². The lowest BCUT2D eigenvalue weighted by Gasteiger charge is -2.08. The first-order chi connectivity index (χ1) is 9.58. The fourth-order valence-corrected chi connectivity index (χ4v) is 2.36. The van der Waals surface area contributed by atoms with Crippen LogP contribution in [0.2, 0.25) is 0 Å². The molecule has 3 rings (SSSR count). The third-order valence-electron chi connectivity index (χ3n) is 3.15. The molecule has 20 heavy (non-hydrogen) atoms. The van der Waals surface area contributed by atoms with Gasteiger partial charge in [0.2, 0.25) is 0 Å². The zero-order valence-electron chi connectivity index (χ0n) is 10.6. The quantitative estimate of drug-likeness (QED) is 0.736. The van der Waals surface area contributed by atoms with Crippen LogP contribution in [0.4, 0.5) is 4.39 Å². The van der Waals surface area contributed by atoms with E-state index in [1.54, 1.807) is 25.1 Å². The third kappa shape index (κ3) is 2.04. The van der Waals surface area contributed by atoms with E-state index in [9.17, 15) is 9.18 Å². The van der Waals surface area contributed by atoms with Crippen molar-refractivity contribution in [1.29, 1.82) is 0 Å². The van der Waals surface area contributed by atoms with Gasteiger partial charge in [0.1, 0.15) is 16.1 Å².